The molecule has 1 amide bonds. The largest absolute Gasteiger partial charge is 0.356 e. The van der Waals surface area contributed by atoms with Gasteiger partial charge in [0, 0.05) is 31.5 Å². The number of nitrogens with one attached hydrogen (secondary N) is 4. The number of aromatic nitrogens is 2. The zero-order valence-electron chi connectivity index (χ0n) is 14.6. The van der Waals surface area contributed by atoms with E-state index in [1.54, 1.807) is 0 Å². The molecule has 6 heteroatoms. The number of amides is 1. The SMILES string of the molecule is O=C(CCC1NNC2CCCCC21)NCCc1nc2ccccc2[nH]1. The van der Waals surface area contributed by atoms with Gasteiger partial charge in [0.1, 0.15) is 5.82 Å². The van der Waals surface area contributed by atoms with E-state index in [-0.39, 0.29) is 5.91 Å². The van der Waals surface area contributed by atoms with Crippen LogP contribution in [0.25, 0.3) is 11.0 Å². The van der Waals surface area contributed by atoms with Crippen LogP contribution >= 0.6 is 0 Å². The molecule has 25 heavy (non-hydrogen) atoms. The molecule has 1 aliphatic heterocycles. The van der Waals surface area contributed by atoms with Gasteiger partial charge in [0.2, 0.25) is 5.91 Å². The second-order valence-corrected chi connectivity index (χ2v) is 7.29. The minimum Gasteiger partial charge on any atom is -0.356 e. The zero-order chi connectivity index (χ0) is 17.1. The highest BCUT2D eigenvalue weighted by Gasteiger charge is 2.36. The summed E-state index contributed by atoms with van der Waals surface area (Å²) in [4.78, 5) is 20.0. The van der Waals surface area contributed by atoms with Crippen molar-refractivity contribution in [3.05, 3.63) is 30.1 Å². The number of carbonyl (C=O) groups excluding carboxylic acids is 1. The predicted octanol–water partition coefficient (Wildman–Crippen LogP) is 2.04. The van der Waals surface area contributed by atoms with Crippen molar-refractivity contribution in [1.82, 2.24) is 26.1 Å². The minimum absolute atomic E-state index is 0.136. The first-order valence-electron chi connectivity index (χ1n) is 9.51. The predicted molar refractivity (Wildman–Crippen MR) is 97.8 cm³/mol. The summed E-state index contributed by atoms with van der Waals surface area (Å²) in [5.41, 5.74) is 8.85. The zero-order valence-corrected chi connectivity index (χ0v) is 14.6. The summed E-state index contributed by atoms with van der Waals surface area (Å²) in [5, 5.41) is 3.02. The number of hydrazine groups is 1. The lowest BCUT2D eigenvalue weighted by molar-refractivity contribution is -0.121. The number of fused-ring (bicyclic) bond motifs is 2. The Bertz CT molecular complexity index is 694. The molecule has 1 saturated carbocycles. The molecular formula is C19H27N5O. The first kappa shape index (κ1) is 16.5. The minimum atomic E-state index is 0.136. The van der Waals surface area contributed by atoms with Gasteiger partial charge in [-0.05, 0) is 37.3 Å². The molecule has 1 aromatic heterocycles. The van der Waals surface area contributed by atoms with Gasteiger partial charge in [-0.2, -0.15) is 0 Å². The molecule has 1 saturated heterocycles. The van der Waals surface area contributed by atoms with E-state index in [1.165, 1.54) is 25.7 Å². The molecular weight excluding hydrogens is 314 g/mol. The summed E-state index contributed by atoms with van der Waals surface area (Å²) in [6, 6.07) is 9.04. The van der Waals surface area contributed by atoms with E-state index in [9.17, 15) is 4.79 Å². The lowest BCUT2D eigenvalue weighted by Crippen LogP contribution is -2.34. The second kappa shape index (κ2) is 7.54. The number of rotatable bonds is 6. The summed E-state index contributed by atoms with van der Waals surface area (Å²) in [7, 11) is 0. The summed E-state index contributed by atoms with van der Waals surface area (Å²) in [6.45, 7) is 0.626. The molecule has 6 nitrogen and oxygen atoms in total. The van der Waals surface area contributed by atoms with Crippen molar-refractivity contribution in [2.24, 2.45) is 5.92 Å². The number of carbonyl (C=O) groups is 1. The van der Waals surface area contributed by atoms with E-state index >= 15 is 0 Å². The van der Waals surface area contributed by atoms with E-state index in [0.29, 0.717) is 31.0 Å². The highest BCUT2D eigenvalue weighted by molar-refractivity contribution is 5.76. The molecule has 0 bridgehead atoms. The molecule has 134 valence electrons. The fraction of sp³-hybridized carbons (Fsp3) is 0.579. The van der Waals surface area contributed by atoms with Gasteiger partial charge in [-0.3, -0.25) is 15.6 Å². The number of H-pyrrole nitrogens is 1. The van der Waals surface area contributed by atoms with Crippen molar-refractivity contribution in [2.75, 3.05) is 6.54 Å². The van der Waals surface area contributed by atoms with E-state index < -0.39 is 0 Å². The summed E-state index contributed by atoms with van der Waals surface area (Å²) < 4.78 is 0. The number of aromatic amines is 1. The molecule has 3 atom stereocenters. The van der Waals surface area contributed by atoms with Gasteiger partial charge in [-0.25, -0.2) is 4.98 Å². The average molecular weight is 341 g/mol. The van der Waals surface area contributed by atoms with Gasteiger partial charge in [0.05, 0.1) is 11.0 Å². The van der Waals surface area contributed by atoms with Crippen molar-refractivity contribution in [3.63, 3.8) is 0 Å². The van der Waals surface area contributed by atoms with E-state index in [4.69, 9.17) is 0 Å². The first-order valence-corrected chi connectivity index (χ1v) is 9.51. The summed E-state index contributed by atoms with van der Waals surface area (Å²) >= 11 is 0. The van der Waals surface area contributed by atoms with Crippen molar-refractivity contribution in [2.45, 2.75) is 57.0 Å². The lowest BCUT2D eigenvalue weighted by atomic mass is 9.80. The Labute approximate surface area is 148 Å². The first-order chi connectivity index (χ1) is 12.3. The van der Waals surface area contributed by atoms with Crippen LogP contribution in [0.2, 0.25) is 0 Å². The van der Waals surface area contributed by atoms with Crippen LogP contribution in [0.5, 0.6) is 0 Å². The summed E-state index contributed by atoms with van der Waals surface area (Å²) in [6.07, 6.45) is 7.41. The Hall–Kier alpha value is -1.92. The standard InChI is InChI=1S/C19H27N5O/c25-19(10-9-15-13-5-1-2-6-14(13)23-24-15)20-12-11-18-21-16-7-3-4-8-17(16)22-18/h3-4,7-8,13-15,23-24H,1-2,5-6,9-12H2,(H,20,25)(H,21,22). The third-order valence-electron chi connectivity index (χ3n) is 5.60. The maximum Gasteiger partial charge on any atom is 0.220 e. The Morgan fingerprint density at radius 3 is 3.00 bits per heavy atom. The molecule has 4 N–H and O–H groups in total. The molecule has 1 aliphatic carbocycles. The van der Waals surface area contributed by atoms with E-state index in [0.717, 1.165) is 29.7 Å². The molecule has 1 aromatic carbocycles. The topological polar surface area (TPSA) is 81.8 Å². The monoisotopic (exact) mass is 341 g/mol. The van der Waals surface area contributed by atoms with Crippen LogP contribution in [0, 0.1) is 5.92 Å². The van der Waals surface area contributed by atoms with Gasteiger partial charge in [-0.15, -0.1) is 0 Å². The van der Waals surface area contributed by atoms with Gasteiger partial charge >= 0.3 is 0 Å². The van der Waals surface area contributed by atoms with Crippen molar-refractivity contribution in [3.8, 4) is 0 Å². The van der Waals surface area contributed by atoms with E-state index in [1.807, 2.05) is 24.3 Å². The highest BCUT2D eigenvalue weighted by atomic mass is 16.1. The van der Waals surface area contributed by atoms with Crippen LogP contribution < -0.4 is 16.2 Å². The molecule has 2 aliphatic rings. The van der Waals surface area contributed by atoms with Gasteiger partial charge < -0.3 is 10.3 Å². The third kappa shape index (κ3) is 3.85. The molecule has 2 heterocycles. The van der Waals surface area contributed by atoms with Crippen LogP contribution in [-0.4, -0.2) is 34.5 Å². The fourth-order valence-corrected chi connectivity index (χ4v) is 4.25. The number of benzene rings is 1. The maximum absolute atomic E-state index is 12.1. The van der Waals surface area contributed by atoms with Gasteiger partial charge in [-0.1, -0.05) is 25.0 Å². The number of para-hydroxylation sites is 2. The number of hydrogen-bond acceptors (Lipinski definition) is 4. The van der Waals surface area contributed by atoms with Gasteiger partial charge in [0.25, 0.3) is 0 Å². The molecule has 3 unspecified atom stereocenters. The van der Waals surface area contributed by atoms with Crippen molar-refractivity contribution < 1.29 is 4.79 Å². The smallest absolute Gasteiger partial charge is 0.220 e. The second-order valence-electron chi connectivity index (χ2n) is 7.29. The Kier molecular flexibility index (Phi) is 4.99. The van der Waals surface area contributed by atoms with E-state index in [2.05, 4.69) is 26.1 Å². The Balaban J connectivity index is 1.19. The summed E-state index contributed by atoms with van der Waals surface area (Å²) in [5.74, 6) is 1.75. The van der Waals surface area contributed by atoms with Gasteiger partial charge in [0.15, 0.2) is 0 Å². The fourth-order valence-electron chi connectivity index (χ4n) is 4.25. The number of nitrogens with zero attached hydrogens (tertiary/aromatic N) is 1. The third-order valence-corrected chi connectivity index (χ3v) is 5.60. The molecule has 2 aromatic rings. The normalized spacial score (nSPS) is 25.8. The molecule has 0 spiro atoms. The molecule has 4 rings (SSSR count). The number of hydrogen-bond donors (Lipinski definition) is 4. The Morgan fingerprint density at radius 2 is 2.08 bits per heavy atom. The van der Waals surface area contributed by atoms with Crippen LogP contribution in [0.15, 0.2) is 24.3 Å². The van der Waals surface area contributed by atoms with Crippen LogP contribution in [0.1, 0.15) is 44.3 Å². The Morgan fingerprint density at radius 1 is 1.20 bits per heavy atom. The maximum atomic E-state index is 12.1. The lowest BCUT2D eigenvalue weighted by Gasteiger charge is -2.27. The van der Waals surface area contributed by atoms with Crippen LogP contribution in [0.4, 0.5) is 0 Å². The molecule has 0 radical (unpaired) electrons. The number of imidazole rings is 1. The molecule has 2 fully saturated rings. The van der Waals surface area contributed by atoms with Crippen LogP contribution in [0.3, 0.4) is 0 Å². The average Bonchev–Trinajstić information content (AvgIpc) is 3.23. The van der Waals surface area contributed by atoms with Crippen molar-refractivity contribution in [1.29, 1.82) is 0 Å². The highest BCUT2D eigenvalue weighted by Crippen LogP contribution is 2.31. The van der Waals surface area contributed by atoms with Crippen LogP contribution in [-0.2, 0) is 11.2 Å². The quantitative estimate of drug-likeness (QED) is 0.648. The van der Waals surface area contributed by atoms with Crippen molar-refractivity contribution >= 4 is 16.9 Å².